The van der Waals surface area contributed by atoms with Gasteiger partial charge in [-0.05, 0) is 30.5 Å². The number of carbonyl (C=O) groups is 1. The summed E-state index contributed by atoms with van der Waals surface area (Å²) in [4.78, 5) is 13.4. The number of hydrazone groups is 1. The van der Waals surface area contributed by atoms with Crippen LogP contribution in [0, 0.1) is 0 Å². The molecule has 0 aliphatic rings. The Morgan fingerprint density at radius 1 is 1.29 bits per heavy atom. The number of hydrogen-bond donors (Lipinski definition) is 1. The van der Waals surface area contributed by atoms with E-state index in [4.69, 9.17) is 11.6 Å². The van der Waals surface area contributed by atoms with Gasteiger partial charge in [-0.15, -0.1) is 11.3 Å². The average Bonchev–Trinajstić information content (AvgIpc) is 2.89. The van der Waals surface area contributed by atoms with Crippen LogP contribution >= 0.6 is 34.7 Å². The number of nitrogens with zero attached hydrogens (tertiary/aromatic N) is 1. The van der Waals surface area contributed by atoms with Gasteiger partial charge >= 0.3 is 0 Å². The van der Waals surface area contributed by atoms with Crippen LogP contribution in [0.25, 0.3) is 0 Å². The summed E-state index contributed by atoms with van der Waals surface area (Å²) in [6.07, 6.45) is 2.07. The summed E-state index contributed by atoms with van der Waals surface area (Å²) in [7, 11) is 0. The summed E-state index contributed by atoms with van der Waals surface area (Å²) in [6.45, 7) is 1.44. The molecule has 0 unspecified atom stereocenters. The summed E-state index contributed by atoms with van der Waals surface area (Å²) in [5, 5.41) is 4.92. The van der Waals surface area contributed by atoms with E-state index in [1.165, 1.54) is 11.8 Å². The number of halogens is 1. The number of benzene rings is 1. The first-order valence-corrected chi connectivity index (χ1v) is 8.87. The molecule has 3 nitrogen and oxygen atoms in total. The maximum absolute atomic E-state index is 11.1. The molecule has 0 aliphatic heterocycles. The van der Waals surface area contributed by atoms with Gasteiger partial charge in [-0.2, -0.15) is 16.9 Å². The van der Waals surface area contributed by atoms with Crippen LogP contribution < -0.4 is 5.43 Å². The molecule has 0 atom stereocenters. The minimum Gasteiger partial charge on any atom is -0.274 e. The molecule has 0 fully saturated rings. The third kappa shape index (κ3) is 4.59. The standard InChI is InChI=1S/C15H15ClN2OS2/c1-10(19)17-18-15(11-3-5-12(16)6-4-11)14-8-7-13(21-14)9-20-2/h3-8H,9H2,1-2H3,(H,17,19). The Morgan fingerprint density at radius 3 is 2.62 bits per heavy atom. The van der Waals surface area contributed by atoms with Crippen molar-refractivity contribution in [3.8, 4) is 0 Å². The van der Waals surface area contributed by atoms with Crippen LogP contribution in [-0.2, 0) is 10.5 Å². The zero-order chi connectivity index (χ0) is 15.2. The third-order valence-electron chi connectivity index (χ3n) is 2.62. The monoisotopic (exact) mass is 338 g/mol. The molecule has 1 amide bonds. The first-order valence-electron chi connectivity index (χ1n) is 6.28. The van der Waals surface area contributed by atoms with E-state index in [9.17, 15) is 4.79 Å². The lowest BCUT2D eigenvalue weighted by Crippen LogP contribution is -2.16. The minimum absolute atomic E-state index is 0.192. The highest BCUT2D eigenvalue weighted by molar-refractivity contribution is 7.97. The van der Waals surface area contributed by atoms with Crippen molar-refractivity contribution in [2.45, 2.75) is 12.7 Å². The molecule has 0 saturated heterocycles. The molecule has 2 aromatic rings. The molecule has 2 rings (SSSR count). The Labute approximate surface area is 137 Å². The highest BCUT2D eigenvalue weighted by Gasteiger charge is 2.11. The fourth-order valence-electron chi connectivity index (χ4n) is 1.73. The van der Waals surface area contributed by atoms with Gasteiger partial charge < -0.3 is 0 Å². The first-order chi connectivity index (χ1) is 10.1. The van der Waals surface area contributed by atoms with Crippen LogP contribution in [0.3, 0.4) is 0 Å². The molecular formula is C15H15ClN2OS2. The maximum Gasteiger partial charge on any atom is 0.236 e. The Hall–Kier alpha value is -1.30. The second-order valence-electron chi connectivity index (χ2n) is 4.33. The van der Waals surface area contributed by atoms with E-state index in [-0.39, 0.29) is 5.91 Å². The van der Waals surface area contributed by atoms with Crippen LogP contribution in [0.15, 0.2) is 41.5 Å². The van der Waals surface area contributed by atoms with E-state index >= 15 is 0 Å². The van der Waals surface area contributed by atoms with E-state index in [0.717, 1.165) is 21.9 Å². The number of carbonyl (C=O) groups excluding carboxylic acids is 1. The molecule has 0 saturated carbocycles. The molecule has 21 heavy (non-hydrogen) atoms. The van der Waals surface area contributed by atoms with Crippen LogP contribution in [-0.4, -0.2) is 17.9 Å². The molecule has 110 valence electrons. The summed E-state index contributed by atoms with van der Waals surface area (Å²) >= 11 is 9.38. The van der Waals surface area contributed by atoms with Crippen LogP contribution in [0.2, 0.25) is 5.02 Å². The number of rotatable bonds is 5. The van der Waals surface area contributed by atoms with Crippen molar-refractivity contribution in [1.82, 2.24) is 5.43 Å². The number of thioether (sulfide) groups is 1. The maximum atomic E-state index is 11.1. The number of amides is 1. The van der Waals surface area contributed by atoms with Gasteiger partial charge in [0.15, 0.2) is 0 Å². The first kappa shape index (κ1) is 16.1. The molecule has 0 radical (unpaired) electrons. The smallest absolute Gasteiger partial charge is 0.236 e. The van der Waals surface area contributed by atoms with E-state index in [1.54, 1.807) is 23.1 Å². The van der Waals surface area contributed by atoms with Gasteiger partial charge in [0.1, 0.15) is 5.71 Å². The molecule has 1 aromatic heterocycles. The summed E-state index contributed by atoms with van der Waals surface area (Å²) in [5.74, 6) is 0.779. The summed E-state index contributed by atoms with van der Waals surface area (Å²) in [5.41, 5.74) is 4.19. The highest BCUT2D eigenvalue weighted by atomic mass is 35.5. The summed E-state index contributed by atoms with van der Waals surface area (Å²) in [6, 6.07) is 11.6. The highest BCUT2D eigenvalue weighted by Crippen LogP contribution is 2.24. The molecule has 0 spiro atoms. The molecule has 6 heteroatoms. The SMILES string of the molecule is CSCc1ccc(C(=NNC(C)=O)c2ccc(Cl)cc2)s1. The predicted octanol–water partition coefficient (Wildman–Crippen LogP) is 4.15. The second-order valence-corrected chi connectivity index (χ2v) is 6.81. The van der Waals surface area contributed by atoms with Gasteiger partial charge in [-0.3, -0.25) is 4.79 Å². The molecule has 0 bridgehead atoms. The normalized spacial score (nSPS) is 11.5. The van der Waals surface area contributed by atoms with Gasteiger partial charge in [0.2, 0.25) is 5.91 Å². The topological polar surface area (TPSA) is 41.5 Å². The molecule has 0 aliphatic carbocycles. The lowest BCUT2D eigenvalue weighted by Gasteiger charge is -2.05. The van der Waals surface area contributed by atoms with Crippen molar-refractivity contribution < 1.29 is 4.79 Å². The second kappa shape index (κ2) is 7.64. The van der Waals surface area contributed by atoms with Crippen molar-refractivity contribution >= 4 is 46.3 Å². The Morgan fingerprint density at radius 2 is 2.00 bits per heavy atom. The Bertz CT molecular complexity index is 650. The van der Waals surface area contributed by atoms with Crippen molar-refractivity contribution in [2.75, 3.05) is 6.26 Å². The lowest BCUT2D eigenvalue weighted by atomic mass is 10.1. The number of thiophene rings is 1. The van der Waals surface area contributed by atoms with Crippen LogP contribution in [0.1, 0.15) is 22.2 Å². The van der Waals surface area contributed by atoms with Crippen molar-refractivity contribution in [2.24, 2.45) is 5.10 Å². The van der Waals surface area contributed by atoms with E-state index in [2.05, 4.69) is 22.8 Å². The Balaban J connectivity index is 2.37. The van der Waals surface area contributed by atoms with E-state index < -0.39 is 0 Å². The molecule has 1 N–H and O–H groups in total. The zero-order valence-corrected chi connectivity index (χ0v) is 14.1. The third-order valence-corrected chi connectivity index (χ3v) is 4.75. The zero-order valence-electron chi connectivity index (χ0n) is 11.7. The predicted molar refractivity (Wildman–Crippen MR) is 92.4 cm³/mol. The van der Waals surface area contributed by atoms with Crippen molar-refractivity contribution in [1.29, 1.82) is 0 Å². The van der Waals surface area contributed by atoms with Crippen molar-refractivity contribution in [3.05, 3.63) is 56.7 Å². The minimum atomic E-state index is -0.192. The number of nitrogens with one attached hydrogen (secondary N) is 1. The largest absolute Gasteiger partial charge is 0.274 e. The quantitative estimate of drug-likeness (QED) is 0.657. The van der Waals surface area contributed by atoms with Crippen molar-refractivity contribution in [3.63, 3.8) is 0 Å². The Kier molecular flexibility index (Phi) is 5.85. The summed E-state index contributed by atoms with van der Waals surface area (Å²) < 4.78 is 0. The van der Waals surface area contributed by atoms with E-state index in [1.807, 2.05) is 30.3 Å². The fraction of sp³-hybridized carbons (Fsp3) is 0.200. The fourth-order valence-corrected chi connectivity index (χ4v) is 3.64. The van der Waals surface area contributed by atoms with Gasteiger partial charge in [-0.1, -0.05) is 23.7 Å². The van der Waals surface area contributed by atoms with Crippen LogP contribution in [0.4, 0.5) is 0 Å². The van der Waals surface area contributed by atoms with Crippen LogP contribution in [0.5, 0.6) is 0 Å². The van der Waals surface area contributed by atoms with Gasteiger partial charge in [0.25, 0.3) is 0 Å². The molecule has 1 aromatic carbocycles. The average molecular weight is 339 g/mol. The lowest BCUT2D eigenvalue weighted by molar-refractivity contribution is -0.118. The van der Waals surface area contributed by atoms with Gasteiger partial charge in [0, 0.05) is 28.1 Å². The van der Waals surface area contributed by atoms with Gasteiger partial charge in [-0.25, -0.2) is 5.43 Å². The molecule has 1 heterocycles. The van der Waals surface area contributed by atoms with Gasteiger partial charge in [0.05, 0.1) is 4.88 Å². The van der Waals surface area contributed by atoms with E-state index in [0.29, 0.717) is 5.02 Å². The number of hydrogen-bond acceptors (Lipinski definition) is 4. The molecular weight excluding hydrogens is 324 g/mol.